The predicted octanol–water partition coefficient (Wildman–Crippen LogP) is 7.17. The van der Waals surface area contributed by atoms with Gasteiger partial charge in [-0.3, -0.25) is 0 Å². The van der Waals surface area contributed by atoms with E-state index in [1.165, 1.54) is 51.0 Å². The van der Waals surface area contributed by atoms with Gasteiger partial charge in [-0.05, 0) is 24.8 Å². The van der Waals surface area contributed by atoms with Gasteiger partial charge in [0, 0.05) is 11.6 Å². The molecule has 0 aliphatic heterocycles. The zero-order chi connectivity index (χ0) is 17.1. The summed E-state index contributed by atoms with van der Waals surface area (Å²) in [5.41, 5.74) is 0.853. The number of phenolic OH excluding ortho intramolecular Hbond substituents is 2. The SMILES string of the molecule is CCCCCCCCCC(CCCC)c1cc(O)c(Cl)cc1O. The van der Waals surface area contributed by atoms with Crippen LogP contribution in [0.3, 0.4) is 0 Å². The fraction of sp³-hybridized carbons (Fsp3) is 0.700. The predicted molar refractivity (Wildman–Crippen MR) is 99.7 cm³/mol. The molecule has 0 bridgehead atoms. The van der Waals surface area contributed by atoms with Crippen LogP contribution in [-0.4, -0.2) is 10.2 Å². The Hall–Kier alpha value is -0.890. The molecule has 2 N–H and O–H groups in total. The van der Waals surface area contributed by atoms with Crippen LogP contribution in [-0.2, 0) is 0 Å². The highest BCUT2D eigenvalue weighted by atomic mass is 35.5. The summed E-state index contributed by atoms with van der Waals surface area (Å²) >= 11 is 5.87. The van der Waals surface area contributed by atoms with E-state index in [-0.39, 0.29) is 16.5 Å². The summed E-state index contributed by atoms with van der Waals surface area (Å²) in [5.74, 6) is 0.603. The van der Waals surface area contributed by atoms with Crippen molar-refractivity contribution in [1.29, 1.82) is 0 Å². The lowest BCUT2D eigenvalue weighted by molar-refractivity contribution is 0.432. The molecule has 0 fully saturated rings. The van der Waals surface area contributed by atoms with Crippen molar-refractivity contribution in [2.75, 3.05) is 0 Å². The summed E-state index contributed by atoms with van der Waals surface area (Å²) in [6.07, 6.45) is 13.5. The van der Waals surface area contributed by atoms with Crippen LogP contribution < -0.4 is 0 Å². The summed E-state index contributed by atoms with van der Waals surface area (Å²) in [4.78, 5) is 0. The van der Waals surface area contributed by atoms with E-state index in [2.05, 4.69) is 13.8 Å². The van der Waals surface area contributed by atoms with Gasteiger partial charge in [-0.15, -0.1) is 0 Å². The molecule has 23 heavy (non-hydrogen) atoms. The third-order valence-corrected chi connectivity index (χ3v) is 4.90. The van der Waals surface area contributed by atoms with Crippen molar-refractivity contribution in [3.63, 3.8) is 0 Å². The monoisotopic (exact) mass is 340 g/mol. The van der Waals surface area contributed by atoms with Crippen LogP contribution >= 0.6 is 11.6 Å². The molecule has 0 radical (unpaired) electrons. The molecule has 3 heteroatoms. The van der Waals surface area contributed by atoms with E-state index in [1.54, 1.807) is 6.07 Å². The molecule has 0 spiro atoms. The fourth-order valence-electron chi connectivity index (χ4n) is 3.15. The highest BCUT2D eigenvalue weighted by molar-refractivity contribution is 6.32. The van der Waals surface area contributed by atoms with Crippen molar-refractivity contribution in [3.05, 3.63) is 22.7 Å². The maximum absolute atomic E-state index is 10.2. The highest BCUT2D eigenvalue weighted by Gasteiger charge is 2.17. The summed E-state index contributed by atoms with van der Waals surface area (Å²) in [7, 11) is 0. The number of hydrogen-bond donors (Lipinski definition) is 2. The molecule has 132 valence electrons. The van der Waals surface area contributed by atoms with Crippen LogP contribution in [0, 0.1) is 0 Å². The molecule has 0 saturated carbocycles. The van der Waals surface area contributed by atoms with Crippen LogP contribution in [0.2, 0.25) is 5.02 Å². The van der Waals surface area contributed by atoms with Gasteiger partial charge in [-0.2, -0.15) is 0 Å². The molecule has 0 heterocycles. The molecule has 0 aromatic heterocycles. The molecule has 0 aliphatic carbocycles. The fourth-order valence-corrected chi connectivity index (χ4v) is 3.31. The Morgan fingerprint density at radius 2 is 1.35 bits per heavy atom. The van der Waals surface area contributed by atoms with Gasteiger partial charge < -0.3 is 10.2 Å². The number of hydrogen-bond acceptors (Lipinski definition) is 2. The van der Waals surface area contributed by atoms with Gasteiger partial charge in [0.15, 0.2) is 0 Å². The summed E-state index contributed by atoms with van der Waals surface area (Å²) < 4.78 is 0. The summed E-state index contributed by atoms with van der Waals surface area (Å²) in [6, 6.07) is 3.12. The van der Waals surface area contributed by atoms with Crippen molar-refractivity contribution < 1.29 is 10.2 Å². The Balaban J connectivity index is 2.54. The highest BCUT2D eigenvalue weighted by Crippen LogP contribution is 2.39. The van der Waals surface area contributed by atoms with Crippen LogP contribution in [0.25, 0.3) is 0 Å². The molecule has 1 aromatic carbocycles. The van der Waals surface area contributed by atoms with Crippen molar-refractivity contribution >= 4 is 11.6 Å². The van der Waals surface area contributed by atoms with Gasteiger partial charge in [0.1, 0.15) is 11.5 Å². The first-order valence-electron chi connectivity index (χ1n) is 9.31. The van der Waals surface area contributed by atoms with Gasteiger partial charge in [0.05, 0.1) is 5.02 Å². The average Bonchev–Trinajstić information content (AvgIpc) is 2.53. The normalized spacial score (nSPS) is 12.5. The molecule has 0 amide bonds. The first-order valence-corrected chi connectivity index (χ1v) is 9.69. The lowest BCUT2D eigenvalue weighted by Gasteiger charge is -2.19. The lowest BCUT2D eigenvalue weighted by Crippen LogP contribution is -2.00. The Labute approximate surface area is 146 Å². The maximum atomic E-state index is 10.2. The molecule has 1 rings (SSSR count). The topological polar surface area (TPSA) is 40.5 Å². The second-order valence-corrected chi connectivity index (χ2v) is 7.02. The van der Waals surface area contributed by atoms with E-state index in [1.807, 2.05) is 0 Å². The quantitative estimate of drug-likeness (QED) is 0.313. The van der Waals surface area contributed by atoms with E-state index < -0.39 is 0 Å². The van der Waals surface area contributed by atoms with Crippen molar-refractivity contribution in [3.8, 4) is 11.5 Å². The Bertz CT molecular complexity index is 446. The molecule has 1 aromatic rings. The number of benzene rings is 1. The van der Waals surface area contributed by atoms with Gasteiger partial charge in [0.25, 0.3) is 0 Å². The molecule has 0 aliphatic rings. The summed E-state index contributed by atoms with van der Waals surface area (Å²) in [5, 5.41) is 20.3. The standard InChI is InChI=1S/C20H33ClO2/c1-3-5-7-8-9-10-11-13-16(12-6-4-2)17-14-20(23)18(21)15-19(17)22/h14-16,22-23H,3-13H2,1-2H3. The van der Waals surface area contributed by atoms with E-state index in [0.717, 1.165) is 31.2 Å². The van der Waals surface area contributed by atoms with Crippen molar-refractivity contribution in [2.45, 2.75) is 90.4 Å². The van der Waals surface area contributed by atoms with Crippen molar-refractivity contribution in [2.24, 2.45) is 0 Å². The lowest BCUT2D eigenvalue weighted by atomic mass is 9.88. The van der Waals surface area contributed by atoms with Crippen LogP contribution in [0.15, 0.2) is 12.1 Å². The van der Waals surface area contributed by atoms with Gasteiger partial charge >= 0.3 is 0 Å². The zero-order valence-electron chi connectivity index (χ0n) is 14.8. The Kier molecular flexibility index (Phi) is 10.2. The second-order valence-electron chi connectivity index (χ2n) is 6.61. The molecular formula is C20H33ClO2. The Morgan fingerprint density at radius 3 is 2.00 bits per heavy atom. The second kappa shape index (κ2) is 11.6. The first-order chi connectivity index (χ1) is 11.1. The molecule has 1 unspecified atom stereocenters. The van der Waals surface area contributed by atoms with E-state index in [4.69, 9.17) is 11.6 Å². The van der Waals surface area contributed by atoms with Crippen molar-refractivity contribution in [1.82, 2.24) is 0 Å². The van der Waals surface area contributed by atoms with Gasteiger partial charge in [0.2, 0.25) is 0 Å². The average molecular weight is 341 g/mol. The minimum absolute atomic E-state index is 0.0699. The van der Waals surface area contributed by atoms with Crippen LogP contribution in [0.5, 0.6) is 11.5 Å². The minimum Gasteiger partial charge on any atom is -0.508 e. The third-order valence-electron chi connectivity index (χ3n) is 4.60. The molecule has 1 atom stereocenters. The summed E-state index contributed by atoms with van der Waals surface area (Å²) in [6.45, 7) is 4.43. The maximum Gasteiger partial charge on any atom is 0.134 e. The zero-order valence-corrected chi connectivity index (χ0v) is 15.5. The third kappa shape index (κ3) is 7.48. The van der Waals surface area contributed by atoms with Gasteiger partial charge in [-0.1, -0.05) is 83.2 Å². The largest absolute Gasteiger partial charge is 0.508 e. The number of phenols is 2. The van der Waals surface area contributed by atoms with E-state index >= 15 is 0 Å². The molecule has 2 nitrogen and oxygen atoms in total. The van der Waals surface area contributed by atoms with Crippen LogP contribution in [0.1, 0.15) is 96.0 Å². The van der Waals surface area contributed by atoms with E-state index in [0.29, 0.717) is 5.92 Å². The molecule has 0 saturated heterocycles. The number of aromatic hydroxyl groups is 2. The number of rotatable bonds is 12. The first kappa shape index (κ1) is 20.2. The Morgan fingerprint density at radius 1 is 0.783 bits per heavy atom. The number of unbranched alkanes of at least 4 members (excludes halogenated alkanes) is 7. The van der Waals surface area contributed by atoms with Crippen LogP contribution in [0.4, 0.5) is 0 Å². The minimum atomic E-state index is 0.0699. The van der Waals surface area contributed by atoms with E-state index in [9.17, 15) is 10.2 Å². The number of halogens is 1. The van der Waals surface area contributed by atoms with Gasteiger partial charge in [-0.25, -0.2) is 0 Å². The molecular weight excluding hydrogens is 308 g/mol. The smallest absolute Gasteiger partial charge is 0.134 e.